The molecule has 1 aromatic carbocycles. The Kier molecular flexibility index (Phi) is 4.57. The van der Waals surface area contributed by atoms with E-state index in [2.05, 4.69) is 18.3 Å². The highest BCUT2D eigenvalue weighted by atomic mass is 16.3. The molecule has 0 amide bonds. The molecule has 2 rings (SSSR count). The lowest BCUT2D eigenvalue weighted by atomic mass is 10.0. The Hall–Kier alpha value is -0.860. The fourth-order valence-electron chi connectivity index (χ4n) is 2.71. The van der Waals surface area contributed by atoms with E-state index in [1.165, 1.54) is 31.2 Å². The van der Waals surface area contributed by atoms with Gasteiger partial charge in [0.1, 0.15) is 0 Å². The third kappa shape index (κ3) is 3.55. The van der Waals surface area contributed by atoms with Gasteiger partial charge in [-0.15, -0.1) is 0 Å². The zero-order valence-electron chi connectivity index (χ0n) is 10.7. The highest BCUT2D eigenvalue weighted by Crippen LogP contribution is 2.24. The van der Waals surface area contributed by atoms with Crippen LogP contribution >= 0.6 is 0 Å². The summed E-state index contributed by atoms with van der Waals surface area (Å²) in [7, 11) is 0. The van der Waals surface area contributed by atoms with Gasteiger partial charge in [0.05, 0.1) is 6.10 Å². The van der Waals surface area contributed by atoms with Crippen LogP contribution in [0.25, 0.3) is 0 Å². The first-order valence-corrected chi connectivity index (χ1v) is 6.71. The maximum atomic E-state index is 10.1. The number of benzene rings is 1. The third-order valence-corrected chi connectivity index (χ3v) is 3.79. The van der Waals surface area contributed by atoms with Crippen molar-refractivity contribution in [2.45, 2.75) is 38.7 Å². The van der Waals surface area contributed by atoms with Crippen LogP contribution in [0.15, 0.2) is 24.3 Å². The molecule has 1 aromatic rings. The number of rotatable bonds is 5. The maximum absolute atomic E-state index is 10.1. The summed E-state index contributed by atoms with van der Waals surface area (Å²) in [6.07, 6.45) is 5.10. The van der Waals surface area contributed by atoms with E-state index < -0.39 is 0 Å². The predicted octanol–water partition coefficient (Wildman–Crippen LogP) is 2.81. The zero-order valence-corrected chi connectivity index (χ0v) is 10.7. The van der Waals surface area contributed by atoms with E-state index in [1.807, 2.05) is 18.2 Å². The molecule has 1 fully saturated rings. The Morgan fingerprint density at radius 2 is 2.00 bits per heavy atom. The lowest BCUT2D eigenvalue weighted by Crippen LogP contribution is -2.26. The Bertz CT molecular complexity index is 345. The topological polar surface area (TPSA) is 32.3 Å². The van der Waals surface area contributed by atoms with Gasteiger partial charge in [-0.25, -0.2) is 0 Å². The molecule has 0 aliphatic heterocycles. The fraction of sp³-hybridized carbons (Fsp3) is 0.600. The smallest absolute Gasteiger partial charge is 0.0916 e. The standard InChI is InChI=1S/C15H23NO/c1-12-6-2-5-9-14(12)15(17)11-16-10-13-7-3-4-8-13/h2,5-6,9,13,15-17H,3-4,7-8,10-11H2,1H3. The van der Waals surface area contributed by atoms with Crippen LogP contribution in [0.3, 0.4) is 0 Å². The minimum atomic E-state index is -0.377. The second kappa shape index (κ2) is 6.18. The Labute approximate surface area is 104 Å². The van der Waals surface area contributed by atoms with Gasteiger partial charge < -0.3 is 10.4 Å². The molecular formula is C15H23NO. The quantitative estimate of drug-likeness (QED) is 0.819. The van der Waals surface area contributed by atoms with E-state index in [4.69, 9.17) is 0 Å². The third-order valence-electron chi connectivity index (χ3n) is 3.79. The number of hydrogen-bond acceptors (Lipinski definition) is 2. The van der Waals surface area contributed by atoms with Gasteiger partial charge in [0.25, 0.3) is 0 Å². The van der Waals surface area contributed by atoms with E-state index in [0.29, 0.717) is 6.54 Å². The summed E-state index contributed by atoms with van der Waals surface area (Å²) >= 11 is 0. The van der Waals surface area contributed by atoms with Gasteiger partial charge in [0.2, 0.25) is 0 Å². The van der Waals surface area contributed by atoms with Crippen molar-refractivity contribution < 1.29 is 5.11 Å². The van der Waals surface area contributed by atoms with Crippen molar-refractivity contribution in [2.24, 2.45) is 5.92 Å². The molecule has 17 heavy (non-hydrogen) atoms. The highest BCUT2D eigenvalue weighted by molar-refractivity contribution is 5.27. The average molecular weight is 233 g/mol. The molecule has 94 valence electrons. The lowest BCUT2D eigenvalue weighted by Gasteiger charge is -2.16. The second-order valence-corrected chi connectivity index (χ2v) is 5.18. The predicted molar refractivity (Wildman–Crippen MR) is 71.0 cm³/mol. The summed E-state index contributed by atoms with van der Waals surface area (Å²) in [5.41, 5.74) is 2.22. The van der Waals surface area contributed by atoms with Crippen molar-refractivity contribution in [2.75, 3.05) is 13.1 Å². The molecule has 1 aliphatic rings. The molecule has 0 saturated heterocycles. The Balaban J connectivity index is 1.77. The van der Waals surface area contributed by atoms with E-state index in [1.54, 1.807) is 0 Å². The van der Waals surface area contributed by atoms with Gasteiger partial charge in [0, 0.05) is 6.54 Å². The Morgan fingerprint density at radius 3 is 2.71 bits per heavy atom. The van der Waals surface area contributed by atoms with Crippen LogP contribution in [0.1, 0.15) is 42.9 Å². The monoisotopic (exact) mass is 233 g/mol. The van der Waals surface area contributed by atoms with Gasteiger partial charge in [-0.1, -0.05) is 37.1 Å². The first-order chi connectivity index (χ1) is 8.27. The second-order valence-electron chi connectivity index (χ2n) is 5.18. The molecule has 2 heteroatoms. The van der Waals surface area contributed by atoms with Crippen LogP contribution in [0, 0.1) is 12.8 Å². The van der Waals surface area contributed by atoms with E-state index in [0.717, 1.165) is 18.0 Å². The molecule has 0 aromatic heterocycles. The minimum absolute atomic E-state index is 0.377. The maximum Gasteiger partial charge on any atom is 0.0916 e. The van der Waals surface area contributed by atoms with Crippen LogP contribution in [0.5, 0.6) is 0 Å². The van der Waals surface area contributed by atoms with Crippen molar-refractivity contribution >= 4 is 0 Å². The van der Waals surface area contributed by atoms with Crippen molar-refractivity contribution in [3.8, 4) is 0 Å². The van der Waals surface area contributed by atoms with E-state index in [-0.39, 0.29) is 6.10 Å². The van der Waals surface area contributed by atoms with Crippen LogP contribution in [0.4, 0.5) is 0 Å². The van der Waals surface area contributed by atoms with Crippen LogP contribution in [0.2, 0.25) is 0 Å². The van der Waals surface area contributed by atoms with E-state index >= 15 is 0 Å². The number of aryl methyl sites for hydroxylation is 1. The number of aliphatic hydroxyl groups is 1. The zero-order chi connectivity index (χ0) is 12.1. The van der Waals surface area contributed by atoms with Crippen molar-refractivity contribution in [1.82, 2.24) is 5.32 Å². The van der Waals surface area contributed by atoms with E-state index in [9.17, 15) is 5.11 Å². The van der Waals surface area contributed by atoms with Crippen molar-refractivity contribution in [3.63, 3.8) is 0 Å². The summed E-state index contributed by atoms with van der Waals surface area (Å²) in [6, 6.07) is 8.06. The summed E-state index contributed by atoms with van der Waals surface area (Å²) in [5, 5.41) is 13.5. The molecule has 0 heterocycles. The molecule has 1 unspecified atom stereocenters. The van der Waals surface area contributed by atoms with Gasteiger partial charge in [-0.2, -0.15) is 0 Å². The van der Waals surface area contributed by atoms with Crippen LogP contribution in [-0.2, 0) is 0 Å². The Morgan fingerprint density at radius 1 is 1.29 bits per heavy atom. The SMILES string of the molecule is Cc1ccccc1C(O)CNCC1CCCC1. The average Bonchev–Trinajstić information content (AvgIpc) is 2.82. The summed E-state index contributed by atoms with van der Waals surface area (Å²) in [5.74, 6) is 0.832. The highest BCUT2D eigenvalue weighted by Gasteiger charge is 2.15. The molecule has 2 N–H and O–H groups in total. The van der Waals surface area contributed by atoms with Crippen molar-refractivity contribution in [3.05, 3.63) is 35.4 Å². The number of aliphatic hydroxyl groups excluding tert-OH is 1. The number of nitrogens with one attached hydrogen (secondary N) is 1. The molecule has 0 bridgehead atoms. The van der Waals surface area contributed by atoms with Gasteiger partial charge in [-0.05, 0) is 43.4 Å². The first-order valence-electron chi connectivity index (χ1n) is 6.71. The summed E-state index contributed by atoms with van der Waals surface area (Å²) in [6.45, 7) is 3.78. The molecule has 0 radical (unpaired) electrons. The minimum Gasteiger partial charge on any atom is -0.387 e. The molecule has 1 atom stereocenters. The molecular weight excluding hydrogens is 210 g/mol. The van der Waals surface area contributed by atoms with Crippen LogP contribution < -0.4 is 5.32 Å². The van der Waals surface area contributed by atoms with Gasteiger partial charge >= 0.3 is 0 Å². The van der Waals surface area contributed by atoms with Gasteiger partial charge in [0.15, 0.2) is 0 Å². The van der Waals surface area contributed by atoms with Crippen LogP contribution in [-0.4, -0.2) is 18.2 Å². The normalized spacial score (nSPS) is 18.5. The van der Waals surface area contributed by atoms with Gasteiger partial charge in [-0.3, -0.25) is 0 Å². The first kappa shape index (κ1) is 12.6. The largest absolute Gasteiger partial charge is 0.387 e. The lowest BCUT2D eigenvalue weighted by molar-refractivity contribution is 0.172. The molecule has 1 aliphatic carbocycles. The fourth-order valence-corrected chi connectivity index (χ4v) is 2.71. The molecule has 1 saturated carbocycles. The molecule has 2 nitrogen and oxygen atoms in total. The summed E-state index contributed by atoms with van der Waals surface area (Å²) < 4.78 is 0. The van der Waals surface area contributed by atoms with Crippen molar-refractivity contribution in [1.29, 1.82) is 0 Å². The molecule has 0 spiro atoms. The number of hydrogen-bond donors (Lipinski definition) is 2. The summed E-state index contributed by atoms with van der Waals surface area (Å²) in [4.78, 5) is 0.